The molecule has 0 fully saturated rings. The van der Waals surface area contributed by atoms with Gasteiger partial charge in [0, 0.05) is 13.2 Å². The number of hydrogen-bond acceptors (Lipinski definition) is 2. The van der Waals surface area contributed by atoms with Crippen LogP contribution in [-0.4, -0.2) is 13.7 Å². The van der Waals surface area contributed by atoms with Crippen molar-refractivity contribution >= 4 is 0 Å². The van der Waals surface area contributed by atoms with Gasteiger partial charge in [-0.15, -0.1) is 0 Å². The standard InChI is InChI=1S/C18H23NO/c1-3-18(19)17-10-8-16(9-11-17)15-6-4-14(5-7-15)12-13-20-2/h4-11,18H,3,12-13,19H2,1-2H3. The number of nitrogens with two attached hydrogens (primary N) is 1. The smallest absolute Gasteiger partial charge is 0.0502 e. The molecule has 0 radical (unpaired) electrons. The van der Waals surface area contributed by atoms with Gasteiger partial charge in [-0.1, -0.05) is 55.5 Å². The Balaban J connectivity index is 2.11. The predicted molar refractivity (Wildman–Crippen MR) is 84.7 cm³/mol. The summed E-state index contributed by atoms with van der Waals surface area (Å²) in [4.78, 5) is 0. The third kappa shape index (κ3) is 3.69. The lowest BCUT2D eigenvalue weighted by Gasteiger charge is -2.10. The summed E-state index contributed by atoms with van der Waals surface area (Å²) in [6.45, 7) is 2.88. The summed E-state index contributed by atoms with van der Waals surface area (Å²) < 4.78 is 5.09. The zero-order chi connectivity index (χ0) is 14.4. The van der Waals surface area contributed by atoms with Crippen molar-refractivity contribution in [1.82, 2.24) is 0 Å². The highest BCUT2D eigenvalue weighted by atomic mass is 16.5. The van der Waals surface area contributed by atoms with E-state index in [4.69, 9.17) is 10.5 Å². The topological polar surface area (TPSA) is 35.2 Å². The molecule has 0 aromatic heterocycles. The first-order chi connectivity index (χ1) is 9.74. The Morgan fingerprint density at radius 3 is 2.00 bits per heavy atom. The van der Waals surface area contributed by atoms with Gasteiger partial charge < -0.3 is 10.5 Å². The van der Waals surface area contributed by atoms with Gasteiger partial charge in [-0.05, 0) is 35.1 Å². The second-order valence-corrected chi connectivity index (χ2v) is 5.08. The van der Waals surface area contributed by atoms with Crippen LogP contribution in [0.25, 0.3) is 11.1 Å². The van der Waals surface area contributed by atoms with E-state index < -0.39 is 0 Å². The van der Waals surface area contributed by atoms with E-state index in [0.717, 1.165) is 19.4 Å². The monoisotopic (exact) mass is 269 g/mol. The highest BCUT2D eigenvalue weighted by molar-refractivity contribution is 5.64. The van der Waals surface area contributed by atoms with E-state index >= 15 is 0 Å². The molecule has 20 heavy (non-hydrogen) atoms. The minimum atomic E-state index is 0.139. The molecule has 0 saturated heterocycles. The third-order valence-corrected chi connectivity index (χ3v) is 3.66. The van der Waals surface area contributed by atoms with Gasteiger partial charge in [0.2, 0.25) is 0 Å². The van der Waals surface area contributed by atoms with Gasteiger partial charge in [0.1, 0.15) is 0 Å². The Morgan fingerprint density at radius 2 is 1.50 bits per heavy atom. The number of methoxy groups -OCH3 is 1. The van der Waals surface area contributed by atoms with Crippen LogP contribution in [0.2, 0.25) is 0 Å². The number of rotatable bonds is 6. The van der Waals surface area contributed by atoms with E-state index in [2.05, 4.69) is 55.5 Å². The fourth-order valence-corrected chi connectivity index (χ4v) is 2.24. The van der Waals surface area contributed by atoms with Crippen molar-refractivity contribution in [3.63, 3.8) is 0 Å². The van der Waals surface area contributed by atoms with Gasteiger partial charge >= 0.3 is 0 Å². The lowest BCUT2D eigenvalue weighted by atomic mass is 9.99. The Hall–Kier alpha value is -1.64. The van der Waals surface area contributed by atoms with E-state index in [1.165, 1.54) is 22.3 Å². The average molecular weight is 269 g/mol. The van der Waals surface area contributed by atoms with Crippen molar-refractivity contribution in [2.24, 2.45) is 5.73 Å². The molecule has 0 aliphatic rings. The van der Waals surface area contributed by atoms with Crippen LogP contribution in [0, 0.1) is 0 Å². The van der Waals surface area contributed by atoms with Crippen molar-refractivity contribution in [2.75, 3.05) is 13.7 Å². The molecule has 106 valence electrons. The van der Waals surface area contributed by atoms with Gasteiger partial charge in [-0.3, -0.25) is 0 Å². The van der Waals surface area contributed by atoms with E-state index in [1.807, 2.05) is 0 Å². The van der Waals surface area contributed by atoms with Gasteiger partial charge in [0.05, 0.1) is 6.61 Å². The van der Waals surface area contributed by atoms with Crippen LogP contribution in [0.15, 0.2) is 48.5 Å². The molecule has 0 aliphatic heterocycles. The minimum absolute atomic E-state index is 0.139. The normalized spacial score (nSPS) is 12.3. The summed E-state index contributed by atoms with van der Waals surface area (Å²) in [5.74, 6) is 0. The molecule has 2 aromatic rings. The Labute approximate surface area is 121 Å². The van der Waals surface area contributed by atoms with Crippen LogP contribution in [0.3, 0.4) is 0 Å². The lowest BCUT2D eigenvalue weighted by Crippen LogP contribution is -2.08. The summed E-state index contributed by atoms with van der Waals surface area (Å²) in [6, 6.07) is 17.4. The predicted octanol–water partition coefficient (Wildman–Crippen LogP) is 3.95. The van der Waals surface area contributed by atoms with Crippen LogP contribution in [0.4, 0.5) is 0 Å². The van der Waals surface area contributed by atoms with Gasteiger partial charge in [0.15, 0.2) is 0 Å². The maximum absolute atomic E-state index is 6.04. The first-order valence-electron chi connectivity index (χ1n) is 7.18. The highest BCUT2D eigenvalue weighted by Crippen LogP contribution is 2.22. The number of benzene rings is 2. The Kier molecular flexibility index (Phi) is 5.33. The summed E-state index contributed by atoms with van der Waals surface area (Å²) in [5.41, 5.74) is 11.0. The molecule has 0 saturated carbocycles. The fraction of sp³-hybridized carbons (Fsp3) is 0.333. The largest absolute Gasteiger partial charge is 0.384 e. The summed E-state index contributed by atoms with van der Waals surface area (Å²) in [5, 5.41) is 0. The summed E-state index contributed by atoms with van der Waals surface area (Å²) >= 11 is 0. The van der Waals surface area contributed by atoms with E-state index in [1.54, 1.807) is 7.11 Å². The van der Waals surface area contributed by atoms with Gasteiger partial charge in [-0.2, -0.15) is 0 Å². The molecule has 0 heterocycles. The maximum atomic E-state index is 6.04. The highest BCUT2D eigenvalue weighted by Gasteiger charge is 2.04. The zero-order valence-corrected chi connectivity index (χ0v) is 12.3. The van der Waals surface area contributed by atoms with Crippen LogP contribution < -0.4 is 5.73 Å². The molecular formula is C18H23NO. The second kappa shape index (κ2) is 7.22. The molecule has 0 spiro atoms. The molecule has 0 amide bonds. The molecule has 0 bridgehead atoms. The van der Waals surface area contributed by atoms with Gasteiger partial charge in [0.25, 0.3) is 0 Å². The summed E-state index contributed by atoms with van der Waals surface area (Å²) in [7, 11) is 1.73. The van der Waals surface area contributed by atoms with Crippen molar-refractivity contribution < 1.29 is 4.74 Å². The molecule has 0 aliphatic carbocycles. The average Bonchev–Trinajstić information content (AvgIpc) is 2.53. The quantitative estimate of drug-likeness (QED) is 0.861. The molecule has 2 heteroatoms. The molecular weight excluding hydrogens is 246 g/mol. The van der Waals surface area contributed by atoms with Crippen molar-refractivity contribution in [2.45, 2.75) is 25.8 Å². The SMILES string of the molecule is CCC(N)c1ccc(-c2ccc(CCOC)cc2)cc1. The van der Waals surface area contributed by atoms with Crippen molar-refractivity contribution in [3.05, 3.63) is 59.7 Å². The number of hydrogen-bond donors (Lipinski definition) is 1. The van der Waals surface area contributed by atoms with Gasteiger partial charge in [-0.25, -0.2) is 0 Å². The zero-order valence-electron chi connectivity index (χ0n) is 12.3. The van der Waals surface area contributed by atoms with Crippen molar-refractivity contribution in [3.8, 4) is 11.1 Å². The minimum Gasteiger partial charge on any atom is -0.384 e. The summed E-state index contributed by atoms with van der Waals surface area (Å²) in [6.07, 6.45) is 1.93. The van der Waals surface area contributed by atoms with E-state index in [0.29, 0.717) is 0 Å². The number of ether oxygens (including phenoxy) is 1. The van der Waals surface area contributed by atoms with Crippen LogP contribution >= 0.6 is 0 Å². The van der Waals surface area contributed by atoms with Crippen LogP contribution in [0.1, 0.15) is 30.5 Å². The van der Waals surface area contributed by atoms with Crippen molar-refractivity contribution in [1.29, 1.82) is 0 Å². The first kappa shape index (κ1) is 14.8. The first-order valence-corrected chi connectivity index (χ1v) is 7.18. The van der Waals surface area contributed by atoms with E-state index in [-0.39, 0.29) is 6.04 Å². The molecule has 2 aromatic carbocycles. The Bertz CT molecular complexity index is 516. The molecule has 1 unspecified atom stereocenters. The maximum Gasteiger partial charge on any atom is 0.0502 e. The molecule has 2 N–H and O–H groups in total. The third-order valence-electron chi connectivity index (χ3n) is 3.66. The Morgan fingerprint density at radius 1 is 0.950 bits per heavy atom. The lowest BCUT2D eigenvalue weighted by molar-refractivity contribution is 0.202. The molecule has 2 nitrogen and oxygen atoms in total. The van der Waals surface area contributed by atoms with E-state index in [9.17, 15) is 0 Å². The molecule has 1 atom stereocenters. The fourth-order valence-electron chi connectivity index (χ4n) is 2.24. The van der Waals surface area contributed by atoms with Crippen LogP contribution in [-0.2, 0) is 11.2 Å². The molecule has 2 rings (SSSR count). The van der Waals surface area contributed by atoms with Crippen LogP contribution in [0.5, 0.6) is 0 Å². The second-order valence-electron chi connectivity index (χ2n) is 5.08.